The Kier molecular flexibility index (Phi) is 3.40. The number of benzene rings is 1. The number of aliphatic hydroxyl groups is 1. The van der Waals surface area contributed by atoms with Crippen molar-refractivity contribution in [1.82, 2.24) is 0 Å². The highest BCUT2D eigenvalue weighted by atomic mass is 16.6. The molecule has 2 aliphatic heterocycles. The van der Waals surface area contributed by atoms with Crippen LogP contribution in [0.1, 0.15) is 42.9 Å². The van der Waals surface area contributed by atoms with E-state index in [1.54, 1.807) is 0 Å². The number of aliphatic hydroxyl groups excluding tert-OH is 1. The van der Waals surface area contributed by atoms with E-state index in [1.165, 1.54) is 5.56 Å². The van der Waals surface area contributed by atoms with E-state index >= 15 is 0 Å². The van der Waals surface area contributed by atoms with Crippen molar-refractivity contribution in [3.63, 3.8) is 0 Å². The van der Waals surface area contributed by atoms with Crippen molar-refractivity contribution < 1.29 is 19.3 Å². The molecule has 1 spiro atoms. The summed E-state index contributed by atoms with van der Waals surface area (Å²) in [5, 5.41) is 9.99. The number of ether oxygens (including phenoxy) is 3. The summed E-state index contributed by atoms with van der Waals surface area (Å²) < 4.78 is 17.8. The van der Waals surface area contributed by atoms with Gasteiger partial charge in [0, 0.05) is 31.4 Å². The highest BCUT2D eigenvalue weighted by molar-refractivity contribution is 5.44. The van der Waals surface area contributed by atoms with Gasteiger partial charge in [0.15, 0.2) is 0 Å². The Morgan fingerprint density at radius 2 is 2.19 bits per heavy atom. The first kappa shape index (κ1) is 13.6. The van der Waals surface area contributed by atoms with Crippen molar-refractivity contribution in [2.24, 2.45) is 0 Å². The van der Waals surface area contributed by atoms with Gasteiger partial charge >= 0.3 is 0 Å². The lowest BCUT2D eigenvalue weighted by atomic mass is 9.91. The molecular formula is C17H22O4. The van der Waals surface area contributed by atoms with Crippen molar-refractivity contribution >= 4 is 0 Å². The zero-order chi connectivity index (χ0) is 14.3. The van der Waals surface area contributed by atoms with Crippen LogP contribution in [0.5, 0.6) is 5.75 Å². The van der Waals surface area contributed by atoms with Crippen LogP contribution in [0.3, 0.4) is 0 Å². The lowest BCUT2D eigenvalue weighted by Crippen LogP contribution is -2.44. The van der Waals surface area contributed by atoms with Crippen LogP contribution < -0.4 is 4.74 Å². The molecule has 0 saturated carbocycles. The minimum absolute atomic E-state index is 0.125. The van der Waals surface area contributed by atoms with Crippen LogP contribution in [0.2, 0.25) is 0 Å². The Morgan fingerprint density at radius 3 is 3.05 bits per heavy atom. The van der Waals surface area contributed by atoms with Crippen molar-refractivity contribution in [2.75, 3.05) is 19.8 Å². The summed E-state index contributed by atoms with van der Waals surface area (Å²) in [5.41, 5.74) is 2.10. The summed E-state index contributed by atoms with van der Waals surface area (Å²) in [7, 11) is 0. The van der Waals surface area contributed by atoms with E-state index in [0.717, 1.165) is 56.6 Å². The second kappa shape index (κ2) is 5.27. The Balaban J connectivity index is 1.51. The van der Waals surface area contributed by atoms with E-state index in [2.05, 4.69) is 0 Å². The molecule has 3 aliphatic rings. The summed E-state index contributed by atoms with van der Waals surface area (Å²) in [5.74, 6) is 0.949. The van der Waals surface area contributed by atoms with Gasteiger partial charge in [0.2, 0.25) is 0 Å². The van der Waals surface area contributed by atoms with Gasteiger partial charge in [-0.2, -0.15) is 0 Å². The Hall–Kier alpha value is -1.10. The molecule has 4 nitrogen and oxygen atoms in total. The average Bonchev–Trinajstić information content (AvgIpc) is 3.08. The third-order valence-corrected chi connectivity index (χ3v) is 5.00. The van der Waals surface area contributed by atoms with E-state index in [9.17, 15) is 5.11 Å². The van der Waals surface area contributed by atoms with Gasteiger partial charge in [0.25, 0.3) is 0 Å². The van der Waals surface area contributed by atoms with E-state index in [1.807, 2.05) is 18.2 Å². The van der Waals surface area contributed by atoms with Gasteiger partial charge in [0.1, 0.15) is 11.9 Å². The maximum absolute atomic E-state index is 9.99. The summed E-state index contributed by atoms with van der Waals surface area (Å²) in [6.07, 6.45) is 4.37. The molecule has 1 N–H and O–H groups in total. The van der Waals surface area contributed by atoms with E-state index in [4.69, 9.17) is 14.2 Å². The second-order valence-electron chi connectivity index (χ2n) is 6.45. The SMILES string of the molecule is OC1CCc2c(OC3CCOC4(CCOC4)C3)cccc21. The quantitative estimate of drug-likeness (QED) is 0.908. The fraction of sp³-hybridized carbons (Fsp3) is 0.647. The molecule has 21 heavy (non-hydrogen) atoms. The zero-order valence-electron chi connectivity index (χ0n) is 12.2. The minimum Gasteiger partial charge on any atom is -0.490 e. The van der Waals surface area contributed by atoms with E-state index in [-0.39, 0.29) is 17.8 Å². The molecule has 114 valence electrons. The molecule has 4 rings (SSSR count). The van der Waals surface area contributed by atoms with Gasteiger partial charge in [-0.1, -0.05) is 12.1 Å². The molecule has 2 heterocycles. The Labute approximate surface area is 125 Å². The molecule has 0 aromatic heterocycles. The first-order valence-electron chi connectivity index (χ1n) is 7.94. The lowest BCUT2D eigenvalue weighted by molar-refractivity contribution is -0.112. The third kappa shape index (κ3) is 2.45. The molecule has 0 radical (unpaired) electrons. The molecule has 3 atom stereocenters. The van der Waals surface area contributed by atoms with Crippen molar-refractivity contribution in [1.29, 1.82) is 0 Å². The maximum Gasteiger partial charge on any atom is 0.123 e. The standard InChI is InChI=1S/C17H22O4/c18-15-5-4-14-13(15)2-1-3-16(14)21-12-6-8-20-17(10-12)7-9-19-11-17/h1-3,12,15,18H,4-11H2. The highest BCUT2D eigenvalue weighted by Gasteiger charge is 2.42. The fourth-order valence-electron chi connectivity index (χ4n) is 3.84. The van der Waals surface area contributed by atoms with Gasteiger partial charge in [0.05, 0.1) is 24.9 Å². The number of hydrogen-bond donors (Lipinski definition) is 1. The number of hydrogen-bond acceptors (Lipinski definition) is 4. The lowest BCUT2D eigenvalue weighted by Gasteiger charge is -2.37. The van der Waals surface area contributed by atoms with Gasteiger partial charge in [-0.05, 0) is 24.5 Å². The van der Waals surface area contributed by atoms with Crippen LogP contribution in [0.4, 0.5) is 0 Å². The predicted molar refractivity (Wildman–Crippen MR) is 77.5 cm³/mol. The van der Waals surface area contributed by atoms with Gasteiger partial charge in [-0.25, -0.2) is 0 Å². The normalized spacial score (nSPS) is 35.1. The number of fused-ring (bicyclic) bond motifs is 1. The zero-order valence-corrected chi connectivity index (χ0v) is 12.2. The van der Waals surface area contributed by atoms with Crippen LogP contribution in [-0.4, -0.2) is 36.6 Å². The van der Waals surface area contributed by atoms with Crippen LogP contribution >= 0.6 is 0 Å². The van der Waals surface area contributed by atoms with Crippen molar-refractivity contribution in [3.05, 3.63) is 29.3 Å². The smallest absolute Gasteiger partial charge is 0.123 e. The summed E-state index contributed by atoms with van der Waals surface area (Å²) in [6.45, 7) is 2.23. The molecule has 3 unspecified atom stereocenters. The van der Waals surface area contributed by atoms with Gasteiger partial charge < -0.3 is 19.3 Å². The molecule has 0 bridgehead atoms. The maximum atomic E-state index is 9.99. The van der Waals surface area contributed by atoms with Gasteiger partial charge in [-0.3, -0.25) is 0 Å². The van der Waals surface area contributed by atoms with Gasteiger partial charge in [-0.15, -0.1) is 0 Å². The Morgan fingerprint density at radius 1 is 1.24 bits per heavy atom. The van der Waals surface area contributed by atoms with Crippen molar-refractivity contribution in [3.8, 4) is 5.75 Å². The van der Waals surface area contributed by atoms with Crippen LogP contribution in [-0.2, 0) is 15.9 Å². The van der Waals surface area contributed by atoms with E-state index in [0.29, 0.717) is 6.61 Å². The third-order valence-electron chi connectivity index (χ3n) is 5.00. The van der Waals surface area contributed by atoms with Crippen LogP contribution in [0.25, 0.3) is 0 Å². The average molecular weight is 290 g/mol. The molecule has 1 aromatic carbocycles. The number of rotatable bonds is 2. The summed E-state index contributed by atoms with van der Waals surface area (Å²) in [6, 6.07) is 6.02. The topological polar surface area (TPSA) is 47.9 Å². The monoisotopic (exact) mass is 290 g/mol. The molecule has 1 aliphatic carbocycles. The molecule has 2 fully saturated rings. The molecule has 1 aromatic rings. The first-order valence-corrected chi connectivity index (χ1v) is 7.94. The largest absolute Gasteiger partial charge is 0.490 e. The molecule has 4 heteroatoms. The van der Waals surface area contributed by atoms with Crippen LogP contribution in [0, 0.1) is 0 Å². The predicted octanol–water partition coefficient (Wildman–Crippen LogP) is 2.38. The van der Waals surface area contributed by atoms with Crippen molar-refractivity contribution in [2.45, 2.75) is 49.9 Å². The van der Waals surface area contributed by atoms with E-state index < -0.39 is 0 Å². The second-order valence-corrected chi connectivity index (χ2v) is 6.45. The summed E-state index contributed by atoms with van der Waals surface area (Å²) in [4.78, 5) is 0. The Bertz CT molecular complexity index is 522. The molecule has 2 saturated heterocycles. The first-order chi connectivity index (χ1) is 10.3. The fourth-order valence-corrected chi connectivity index (χ4v) is 3.84. The molecular weight excluding hydrogens is 268 g/mol. The van der Waals surface area contributed by atoms with Crippen LogP contribution in [0.15, 0.2) is 18.2 Å². The minimum atomic E-state index is -0.326. The highest BCUT2D eigenvalue weighted by Crippen LogP contribution is 2.39. The summed E-state index contributed by atoms with van der Waals surface area (Å²) >= 11 is 0. The molecule has 0 amide bonds.